The predicted molar refractivity (Wildman–Crippen MR) is 93.4 cm³/mol. The van der Waals surface area contributed by atoms with E-state index in [1.165, 1.54) is 0 Å². The number of amides is 1. The number of ether oxygens (including phenoxy) is 1. The van der Waals surface area contributed by atoms with E-state index < -0.39 is 0 Å². The lowest BCUT2D eigenvalue weighted by Crippen LogP contribution is -2.47. The molecule has 24 heavy (non-hydrogen) atoms. The monoisotopic (exact) mass is 345 g/mol. The fraction of sp³-hybridized carbons (Fsp3) is 0.333. The highest BCUT2D eigenvalue weighted by molar-refractivity contribution is 6.29. The van der Waals surface area contributed by atoms with Crippen LogP contribution in [-0.2, 0) is 6.61 Å². The Balaban J connectivity index is 1.58. The number of carbonyl (C=O) groups is 1. The van der Waals surface area contributed by atoms with Crippen LogP contribution in [0.5, 0.6) is 5.75 Å². The molecule has 1 aromatic carbocycles. The molecule has 1 aromatic heterocycles. The molecule has 1 fully saturated rings. The van der Waals surface area contributed by atoms with Gasteiger partial charge in [0.05, 0.1) is 5.69 Å². The van der Waals surface area contributed by atoms with Crippen LogP contribution >= 0.6 is 11.6 Å². The number of nitrogens with zero attached hydrogens (tertiary/aromatic N) is 3. The third-order valence-corrected chi connectivity index (χ3v) is 4.26. The van der Waals surface area contributed by atoms with E-state index in [0.717, 1.165) is 31.9 Å². The van der Waals surface area contributed by atoms with Gasteiger partial charge in [-0.1, -0.05) is 17.7 Å². The van der Waals surface area contributed by atoms with Crippen molar-refractivity contribution < 1.29 is 9.53 Å². The number of piperazine rings is 1. The molecule has 0 atom stereocenters. The zero-order chi connectivity index (χ0) is 16.9. The molecule has 5 nitrogen and oxygen atoms in total. The minimum atomic E-state index is 0.0751. The maximum Gasteiger partial charge on any atom is 0.253 e. The number of pyridine rings is 1. The quantitative estimate of drug-likeness (QED) is 0.799. The first-order valence-electron chi connectivity index (χ1n) is 7.94. The van der Waals surface area contributed by atoms with Crippen LogP contribution in [0, 0.1) is 0 Å². The number of likely N-dealkylation sites (N-methyl/N-ethyl adjacent to an activating group) is 1. The van der Waals surface area contributed by atoms with Gasteiger partial charge in [0.25, 0.3) is 5.91 Å². The van der Waals surface area contributed by atoms with Crippen molar-refractivity contribution in [2.75, 3.05) is 33.2 Å². The number of halogens is 1. The summed E-state index contributed by atoms with van der Waals surface area (Å²) < 4.78 is 5.69. The first kappa shape index (κ1) is 16.7. The molecule has 2 aromatic rings. The van der Waals surface area contributed by atoms with E-state index in [4.69, 9.17) is 16.3 Å². The molecule has 0 radical (unpaired) electrons. The Bertz CT molecular complexity index is 698. The SMILES string of the molecule is CN1CCN(C(=O)c2ccc(OCc3cccc(Cl)n3)cc2)CC1. The minimum Gasteiger partial charge on any atom is -0.487 e. The second-order valence-corrected chi connectivity index (χ2v) is 6.25. The predicted octanol–water partition coefficient (Wildman–Crippen LogP) is 2.70. The van der Waals surface area contributed by atoms with Crippen LogP contribution in [0.1, 0.15) is 16.1 Å². The standard InChI is InChI=1S/C18H20ClN3O2/c1-21-9-11-22(12-10-21)18(23)14-5-7-16(8-6-14)24-13-15-3-2-4-17(19)20-15/h2-8H,9-13H2,1H3. The van der Waals surface area contributed by atoms with Gasteiger partial charge >= 0.3 is 0 Å². The van der Waals surface area contributed by atoms with Crippen LogP contribution < -0.4 is 4.74 Å². The molecule has 1 amide bonds. The summed E-state index contributed by atoms with van der Waals surface area (Å²) in [5.41, 5.74) is 1.45. The highest BCUT2D eigenvalue weighted by Crippen LogP contribution is 2.16. The zero-order valence-electron chi connectivity index (χ0n) is 13.6. The lowest BCUT2D eigenvalue weighted by molar-refractivity contribution is 0.0664. The third kappa shape index (κ3) is 4.24. The molecule has 0 saturated carbocycles. The molecular formula is C18H20ClN3O2. The van der Waals surface area contributed by atoms with Crippen molar-refractivity contribution in [3.05, 3.63) is 58.9 Å². The van der Waals surface area contributed by atoms with Gasteiger partial charge in [0.1, 0.15) is 17.5 Å². The summed E-state index contributed by atoms with van der Waals surface area (Å²) in [6.45, 7) is 3.72. The third-order valence-electron chi connectivity index (χ3n) is 4.05. The Labute approximate surface area is 146 Å². The van der Waals surface area contributed by atoms with Crippen molar-refractivity contribution >= 4 is 17.5 Å². The number of hydrogen-bond acceptors (Lipinski definition) is 4. The summed E-state index contributed by atoms with van der Waals surface area (Å²) in [7, 11) is 2.07. The molecule has 6 heteroatoms. The Morgan fingerprint density at radius 3 is 2.50 bits per heavy atom. The minimum absolute atomic E-state index is 0.0751. The second-order valence-electron chi connectivity index (χ2n) is 5.86. The Morgan fingerprint density at radius 2 is 1.83 bits per heavy atom. The fourth-order valence-corrected chi connectivity index (χ4v) is 2.76. The molecular weight excluding hydrogens is 326 g/mol. The van der Waals surface area contributed by atoms with Crippen LogP contribution in [0.2, 0.25) is 5.15 Å². The van der Waals surface area contributed by atoms with Gasteiger partial charge in [-0.25, -0.2) is 4.98 Å². The van der Waals surface area contributed by atoms with E-state index in [1.54, 1.807) is 18.2 Å². The first-order chi connectivity index (χ1) is 11.6. The van der Waals surface area contributed by atoms with Crippen molar-refractivity contribution in [1.29, 1.82) is 0 Å². The summed E-state index contributed by atoms with van der Waals surface area (Å²) in [6.07, 6.45) is 0. The Hall–Kier alpha value is -2.11. The normalized spacial score (nSPS) is 15.3. The van der Waals surface area contributed by atoms with Crippen LogP contribution in [-0.4, -0.2) is 53.9 Å². The summed E-state index contributed by atoms with van der Waals surface area (Å²) >= 11 is 5.85. The average Bonchev–Trinajstić information content (AvgIpc) is 2.61. The summed E-state index contributed by atoms with van der Waals surface area (Å²) in [5.74, 6) is 0.776. The molecule has 0 unspecified atom stereocenters. The largest absolute Gasteiger partial charge is 0.487 e. The summed E-state index contributed by atoms with van der Waals surface area (Å²) in [4.78, 5) is 20.8. The maximum atomic E-state index is 12.5. The van der Waals surface area contributed by atoms with Gasteiger partial charge in [-0.3, -0.25) is 4.79 Å². The van der Waals surface area contributed by atoms with Crippen molar-refractivity contribution in [2.45, 2.75) is 6.61 Å². The number of hydrogen-bond donors (Lipinski definition) is 0. The van der Waals surface area contributed by atoms with Crippen LogP contribution in [0.25, 0.3) is 0 Å². The van der Waals surface area contributed by atoms with Crippen molar-refractivity contribution in [2.24, 2.45) is 0 Å². The van der Waals surface area contributed by atoms with Gasteiger partial charge in [0.15, 0.2) is 0 Å². The van der Waals surface area contributed by atoms with Gasteiger partial charge in [0.2, 0.25) is 0 Å². The highest BCUT2D eigenvalue weighted by atomic mass is 35.5. The van der Waals surface area contributed by atoms with E-state index in [-0.39, 0.29) is 5.91 Å². The van der Waals surface area contributed by atoms with Crippen LogP contribution in [0.3, 0.4) is 0 Å². The number of carbonyl (C=O) groups excluding carboxylic acids is 1. The van der Waals surface area contributed by atoms with Crippen molar-refractivity contribution in [3.8, 4) is 5.75 Å². The molecule has 0 N–H and O–H groups in total. The average molecular weight is 346 g/mol. The lowest BCUT2D eigenvalue weighted by atomic mass is 10.1. The number of benzene rings is 1. The van der Waals surface area contributed by atoms with Gasteiger partial charge in [-0.05, 0) is 43.4 Å². The topological polar surface area (TPSA) is 45.7 Å². The van der Waals surface area contributed by atoms with E-state index in [2.05, 4.69) is 16.9 Å². The smallest absolute Gasteiger partial charge is 0.253 e. The molecule has 126 valence electrons. The summed E-state index contributed by atoms with van der Waals surface area (Å²) in [5, 5.41) is 0.448. The molecule has 2 heterocycles. The van der Waals surface area contributed by atoms with Crippen LogP contribution in [0.4, 0.5) is 0 Å². The molecule has 0 spiro atoms. The fourth-order valence-electron chi connectivity index (χ4n) is 2.57. The second kappa shape index (κ2) is 7.64. The van der Waals surface area contributed by atoms with E-state index in [9.17, 15) is 4.79 Å². The summed E-state index contributed by atoms with van der Waals surface area (Å²) in [6, 6.07) is 12.7. The molecule has 3 rings (SSSR count). The maximum absolute atomic E-state index is 12.5. The van der Waals surface area contributed by atoms with E-state index in [1.807, 2.05) is 29.2 Å². The van der Waals surface area contributed by atoms with E-state index >= 15 is 0 Å². The van der Waals surface area contributed by atoms with Gasteiger partial charge in [-0.2, -0.15) is 0 Å². The molecule has 1 saturated heterocycles. The lowest BCUT2D eigenvalue weighted by Gasteiger charge is -2.32. The Kier molecular flexibility index (Phi) is 5.33. The van der Waals surface area contributed by atoms with Gasteiger partial charge in [-0.15, -0.1) is 0 Å². The molecule has 1 aliphatic heterocycles. The first-order valence-corrected chi connectivity index (χ1v) is 8.32. The molecule has 0 bridgehead atoms. The number of aromatic nitrogens is 1. The molecule has 0 aliphatic carbocycles. The molecule has 1 aliphatic rings. The van der Waals surface area contributed by atoms with Gasteiger partial charge < -0.3 is 14.5 Å². The van der Waals surface area contributed by atoms with Crippen molar-refractivity contribution in [1.82, 2.24) is 14.8 Å². The Morgan fingerprint density at radius 1 is 1.12 bits per heavy atom. The number of rotatable bonds is 4. The van der Waals surface area contributed by atoms with Gasteiger partial charge in [0, 0.05) is 31.7 Å². The van der Waals surface area contributed by atoms with E-state index in [0.29, 0.717) is 23.1 Å². The van der Waals surface area contributed by atoms with Crippen molar-refractivity contribution in [3.63, 3.8) is 0 Å². The van der Waals surface area contributed by atoms with Crippen LogP contribution in [0.15, 0.2) is 42.5 Å². The highest BCUT2D eigenvalue weighted by Gasteiger charge is 2.20. The zero-order valence-corrected chi connectivity index (χ0v) is 14.4.